The zero-order chi connectivity index (χ0) is 22.1. The summed E-state index contributed by atoms with van der Waals surface area (Å²) in [7, 11) is 0. The number of carbonyl (C=O) groups is 1. The second-order valence-corrected chi connectivity index (χ2v) is 8.00. The molecular formula is C24H24F3N3O. The zero-order valence-electron chi connectivity index (χ0n) is 17.2. The van der Waals surface area contributed by atoms with Gasteiger partial charge in [0.15, 0.2) is 0 Å². The van der Waals surface area contributed by atoms with Crippen LogP contribution < -0.4 is 5.32 Å². The molecule has 0 saturated heterocycles. The van der Waals surface area contributed by atoms with Gasteiger partial charge in [0.25, 0.3) is 0 Å². The second kappa shape index (κ2) is 8.21. The van der Waals surface area contributed by atoms with Gasteiger partial charge < -0.3 is 9.88 Å². The number of nitrogens with zero attached hydrogens (tertiary/aromatic N) is 2. The number of benzene rings is 2. The molecule has 162 valence electrons. The molecule has 2 aromatic carbocycles. The Kier molecular flexibility index (Phi) is 5.60. The van der Waals surface area contributed by atoms with E-state index in [1.807, 2.05) is 66.2 Å². The van der Waals surface area contributed by atoms with Crippen LogP contribution >= 0.6 is 0 Å². The van der Waals surface area contributed by atoms with Crippen LogP contribution in [0, 0.1) is 6.92 Å². The van der Waals surface area contributed by atoms with Crippen molar-refractivity contribution in [3.63, 3.8) is 0 Å². The molecule has 1 amide bonds. The van der Waals surface area contributed by atoms with Crippen LogP contribution in [0.15, 0.2) is 61.1 Å². The Labute approximate surface area is 179 Å². The van der Waals surface area contributed by atoms with Crippen LogP contribution in [0.25, 0.3) is 11.1 Å². The summed E-state index contributed by atoms with van der Waals surface area (Å²) in [6.45, 7) is 1.32. The third kappa shape index (κ3) is 4.09. The first-order valence-electron chi connectivity index (χ1n) is 10.3. The molecule has 0 spiro atoms. The fourth-order valence-corrected chi connectivity index (χ4v) is 4.56. The lowest BCUT2D eigenvalue weighted by Gasteiger charge is -2.31. The average molecular weight is 427 g/mol. The van der Waals surface area contributed by atoms with Gasteiger partial charge in [0, 0.05) is 12.7 Å². The highest BCUT2D eigenvalue weighted by Crippen LogP contribution is 2.51. The predicted octanol–water partition coefficient (Wildman–Crippen LogP) is 5.01. The standard InChI is InChI=1S/C24H24F3N3O/c1-17-14-30(16-29-17)13-7-6-12-23(22(31)28-15-24(25,26)27)20-10-4-2-8-18(20)19-9-3-5-11-21(19)23/h2-5,8-11,14,16H,6-7,12-13,15H2,1H3,(H,28,31). The van der Waals surface area contributed by atoms with E-state index in [1.165, 1.54) is 0 Å². The number of carbonyl (C=O) groups excluding carboxylic acids is 1. The van der Waals surface area contributed by atoms with Crippen LogP contribution in [0.2, 0.25) is 0 Å². The number of fused-ring (bicyclic) bond motifs is 3. The van der Waals surface area contributed by atoms with Crippen molar-refractivity contribution in [2.75, 3.05) is 6.54 Å². The summed E-state index contributed by atoms with van der Waals surface area (Å²) in [5.74, 6) is -0.597. The van der Waals surface area contributed by atoms with Gasteiger partial charge in [-0.25, -0.2) is 4.98 Å². The number of rotatable bonds is 7. The Hall–Kier alpha value is -3.09. The van der Waals surface area contributed by atoms with E-state index < -0.39 is 24.0 Å². The van der Waals surface area contributed by atoms with E-state index in [-0.39, 0.29) is 0 Å². The molecule has 31 heavy (non-hydrogen) atoms. The molecule has 1 aromatic heterocycles. The van der Waals surface area contributed by atoms with Gasteiger partial charge in [-0.3, -0.25) is 4.79 Å². The fraction of sp³-hybridized carbons (Fsp3) is 0.333. The van der Waals surface area contributed by atoms with Crippen LogP contribution in [-0.4, -0.2) is 28.2 Å². The van der Waals surface area contributed by atoms with Gasteiger partial charge in [-0.05, 0) is 48.4 Å². The summed E-state index contributed by atoms with van der Waals surface area (Å²) < 4.78 is 40.7. The summed E-state index contributed by atoms with van der Waals surface area (Å²) in [4.78, 5) is 17.6. The largest absolute Gasteiger partial charge is 0.405 e. The van der Waals surface area contributed by atoms with Gasteiger partial charge >= 0.3 is 6.18 Å². The van der Waals surface area contributed by atoms with Crippen molar-refractivity contribution >= 4 is 5.91 Å². The molecule has 0 atom stereocenters. The first kappa shape index (κ1) is 21.2. The molecular weight excluding hydrogens is 403 g/mol. The maximum absolute atomic E-state index is 13.4. The summed E-state index contributed by atoms with van der Waals surface area (Å²) in [6.07, 6.45) is 1.15. The number of unbranched alkanes of at least 4 members (excludes halogenated alkanes) is 1. The lowest BCUT2D eigenvalue weighted by molar-refractivity contribution is -0.141. The van der Waals surface area contributed by atoms with E-state index in [1.54, 1.807) is 6.33 Å². The molecule has 7 heteroatoms. The molecule has 0 fully saturated rings. The summed E-state index contributed by atoms with van der Waals surface area (Å²) in [5, 5.41) is 2.17. The molecule has 4 nitrogen and oxygen atoms in total. The zero-order valence-corrected chi connectivity index (χ0v) is 17.2. The van der Waals surface area contributed by atoms with Crippen LogP contribution in [0.4, 0.5) is 13.2 Å². The molecule has 0 aliphatic heterocycles. The molecule has 0 saturated carbocycles. The van der Waals surface area contributed by atoms with Gasteiger partial charge in [0.1, 0.15) is 12.0 Å². The van der Waals surface area contributed by atoms with E-state index in [0.717, 1.165) is 40.9 Å². The number of halogens is 3. The molecule has 0 unspecified atom stereocenters. The first-order valence-corrected chi connectivity index (χ1v) is 10.3. The topological polar surface area (TPSA) is 46.9 Å². The number of hydrogen-bond acceptors (Lipinski definition) is 2. The van der Waals surface area contributed by atoms with E-state index in [9.17, 15) is 18.0 Å². The second-order valence-electron chi connectivity index (χ2n) is 8.00. The minimum atomic E-state index is -4.46. The molecule has 0 bridgehead atoms. The number of amides is 1. The SMILES string of the molecule is Cc1cn(CCCCC2(C(=O)NCC(F)(F)F)c3ccccc3-c3ccccc32)cn1. The van der Waals surface area contributed by atoms with E-state index in [2.05, 4.69) is 10.3 Å². The number of aromatic nitrogens is 2. The fourth-order valence-electron chi connectivity index (χ4n) is 4.56. The molecule has 1 aliphatic rings. The van der Waals surface area contributed by atoms with E-state index in [0.29, 0.717) is 12.8 Å². The van der Waals surface area contributed by atoms with Crippen molar-refractivity contribution in [3.8, 4) is 11.1 Å². The van der Waals surface area contributed by atoms with Crippen LogP contribution in [0.3, 0.4) is 0 Å². The Morgan fingerprint density at radius 2 is 1.65 bits per heavy atom. The predicted molar refractivity (Wildman–Crippen MR) is 113 cm³/mol. The minimum absolute atomic E-state index is 0.429. The molecule has 1 N–H and O–H groups in total. The van der Waals surface area contributed by atoms with Crippen LogP contribution in [-0.2, 0) is 16.8 Å². The molecule has 3 aromatic rings. The monoisotopic (exact) mass is 427 g/mol. The Morgan fingerprint density at radius 1 is 1.03 bits per heavy atom. The maximum atomic E-state index is 13.4. The van der Waals surface area contributed by atoms with Gasteiger partial charge in [-0.1, -0.05) is 48.5 Å². The summed E-state index contributed by atoms with van der Waals surface area (Å²) in [6, 6.07) is 15.0. The summed E-state index contributed by atoms with van der Waals surface area (Å²) >= 11 is 0. The third-order valence-corrected chi connectivity index (χ3v) is 5.88. The highest BCUT2D eigenvalue weighted by molar-refractivity contribution is 6.00. The van der Waals surface area contributed by atoms with Crippen molar-refractivity contribution in [1.82, 2.24) is 14.9 Å². The van der Waals surface area contributed by atoms with Crippen LogP contribution in [0.1, 0.15) is 36.1 Å². The lowest BCUT2D eigenvalue weighted by atomic mass is 9.73. The highest BCUT2D eigenvalue weighted by Gasteiger charge is 2.49. The van der Waals surface area contributed by atoms with Gasteiger partial charge in [0.2, 0.25) is 5.91 Å². The number of imidazole rings is 1. The molecule has 1 heterocycles. The Morgan fingerprint density at radius 3 is 2.19 bits per heavy atom. The highest BCUT2D eigenvalue weighted by atomic mass is 19.4. The lowest BCUT2D eigenvalue weighted by Crippen LogP contribution is -2.47. The van der Waals surface area contributed by atoms with E-state index in [4.69, 9.17) is 0 Å². The van der Waals surface area contributed by atoms with Crippen molar-refractivity contribution in [1.29, 1.82) is 0 Å². The van der Waals surface area contributed by atoms with Gasteiger partial charge in [-0.15, -0.1) is 0 Å². The smallest absolute Gasteiger partial charge is 0.346 e. The van der Waals surface area contributed by atoms with E-state index >= 15 is 0 Å². The normalized spacial score (nSPS) is 14.2. The number of aryl methyl sites for hydroxylation is 2. The molecule has 0 radical (unpaired) electrons. The number of hydrogen-bond donors (Lipinski definition) is 1. The summed E-state index contributed by atoms with van der Waals surface area (Å²) in [5.41, 5.74) is 3.16. The maximum Gasteiger partial charge on any atom is 0.405 e. The van der Waals surface area contributed by atoms with Crippen molar-refractivity contribution in [2.24, 2.45) is 0 Å². The van der Waals surface area contributed by atoms with Crippen molar-refractivity contribution < 1.29 is 18.0 Å². The van der Waals surface area contributed by atoms with Crippen molar-refractivity contribution in [3.05, 3.63) is 77.9 Å². The Bertz CT molecular complexity index is 1040. The van der Waals surface area contributed by atoms with Gasteiger partial charge in [0.05, 0.1) is 12.0 Å². The average Bonchev–Trinajstić information content (AvgIpc) is 3.29. The third-order valence-electron chi connectivity index (χ3n) is 5.88. The van der Waals surface area contributed by atoms with Crippen molar-refractivity contribution in [2.45, 2.75) is 44.3 Å². The molecule has 1 aliphatic carbocycles. The first-order chi connectivity index (χ1) is 14.8. The quantitative estimate of drug-likeness (QED) is 0.539. The van der Waals surface area contributed by atoms with Crippen LogP contribution in [0.5, 0.6) is 0 Å². The molecule has 4 rings (SSSR count). The minimum Gasteiger partial charge on any atom is -0.346 e. The number of nitrogens with one attached hydrogen (secondary N) is 1. The number of alkyl halides is 3. The Balaban J connectivity index is 1.65. The van der Waals surface area contributed by atoms with Gasteiger partial charge in [-0.2, -0.15) is 13.2 Å².